The van der Waals surface area contributed by atoms with E-state index in [2.05, 4.69) is 4.98 Å². The molecule has 0 atom stereocenters. The lowest BCUT2D eigenvalue weighted by molar-refractivity contribution is -0.384. The number of aromatic nitrogens is 1. The number of nitro groups is 1. The molecular weight excluding hydrogens is 384 g/mol. The van der Waals surface area contributed by atoms with Crippen molar-refractivity contribution < 1.29 is 18.1 Å². The Morgan fingerprint density at radius 1 is 1.21 bits per heavy atom. The van der Waals surface area contributed by atoms with E-state index in [4.69, 9.17) is 10.5 Å². The van der Waals surface area contributed by atoms with Crippen molar-refractivity contribution in [2.45, 2.75) is 31.1 Å². The second kappa shape index (κ2) is 8.01. The molecule has 0 unspecified atom stereocenters. The summed E-state index contributed by atoms with van der Waals surface area (Å²) in [5.41, 5.74) is 6.01. The number of piperidine rings is 1. The summed E-state index contributed by atoms with van der Waals surface area (Å²) in [5.74, 6) is 0.631. The summed E-state index contributed by atoms with van der Waals surface area (Å²) in [4.78, 5) is 17.2. The fourth-order valence-electron chi connectivity index (χ4n) is 3.05. The first-order valence-corrected chi connectivity index (χ1v) is 10.7. The Bertz CT molecular complexity index is 987. The largest absolute Gasteiger partial charge is 0.437 e. The minimum absolute atomic E-state index is 0.0320. The Morgan fingerprint density at radius 2 is 1.93 bits per heavy atom. The zero-order valence-corrected chi connectivity index (χ0v) is 16.3. The number of anilines is 2. The van der Waals surface area contributed by atoms with Crippen molar-refractivity contribution in [2.24, 2.45) is 0 Å². The number of nitrogen functional groups attached to an aromatic ring is 1. The van der Waals surface area contributed by atoms with Gasteiger partial charge in [-0.1, -0.05) is 6.92 Å². The van der Waals surface area contributed by atoms with Crippen molar-refractivity contribution in [2.75, 3.05) is 29.5 Å². The van der Waals surface area contributed by atoms with Gasteiger partial charge in [-0.05, 0) is 37.5 Å². The highest BCUT2D eigenvalue weighted by Crippen LogP contribution is 2.34. The highest BCUT2D eigenvalue weighted by Gasteiger charge is 2.24. The number of ether oxygens (including phenoxy) is 1. The molecule has 2 aromatic rings. The van der Waals surface area contributed by atoms with Gasteiger partial charge in [0.25, 0.3) is 0 Å². The number of pyridine rings is 1. The summed E-state index contributed by atoms with van der Waals surface area (Å²) in [5, 5.41) is 11.4. The van der Waals surface area contributed by atoms with E-state index in [1.165, 1.54) is 30.3 Å². The molecule has 0 radical (unpaired) electrons. The predicted octanol–water partition coefficient (Wildman–Crippen LogP) is 3.15. The van der Waals surface area contributed by atoms with Crippen LogP contribution in [0.3, 0.4) is 0 Å². The first-order valence-electron chi connectivity index (χ1n) is 9.02. The van der Waals surface area contributed by atoms with Crippen LogP contribution < -0.4 is 15.4 Å². The third-order valence-electron chi connectivity index (χ3n) is 4.62. The molecule has 3 rings (SSSR count). The summed E-state index contributed by atoms with van der Waals surface area (Å²) in [7, 11) is -3.38. The van der Waals surface area contributed by atoms with E-state index < -0.39 is 14.8 Å². The van der Waals surface area contributed by atoms with E-state index in [-0.39, 0.29) is 39.5 Å². The molecule has 0 aliphatic carbocycles. The minimum Gasteiger partial charge on any atom is -0.437 e. The SMILES string of the molecule is CCS(=O)(=O)c1ccc(Oc2ccc([N+](=O)[O-])c(N3CCCCC3)n2)c(N)c1. The molecule has 2 heterocycles. The molecular formula is C18H22N4O5S. The molecule has 2 N–H and O–H groups in total. The summed E-state index contributed by atoms with van der Waals surface area (Å²) in [6, 6.07) is 6.98. The molecule has 0 spiro atoms. The quantitative estimate of drug-likeness (QED) is 0.440. The van der Waals surface area contributed by atoms with Crippen molar-refractivity contribution in [1.82, 2.24) is 4.98 Å². The number of nitrogens with zero attached hydrogens (tertiary/aromatic N) is 3. The molecule has 10 heteroatoms. The minimum atomic E-state index is -3.38. The molecule has 0 saturated carbocycles. The Kier molecular flexibility index (Phi) is 5.68. The van der Waals surface area contributed by atoms with Crippen molar-refractivity contribution in [3.8, 4) is 11.6 Å². The van der Waals surface area contributed by atoms with Crippen LogP contribution in [0.25, 0.3) is 0 Å². The van der Waals surface area contributed by atoms with Gasteiger partial charge >= 0.3 is 5.69 Å². The van der Waals surface area contributed by atoms with Gasteiger partial charge in [-0.3, -0.25) is 10.1 Å². The van der Waals surface area contributed by atoms with E-state index in [1.807, 2.05) is 4.90 Å². The van der Waals surface area contributed by atoms with E-state index in [1.54, 1.807) is 6.92 Å². The molecule has 1 saturated heterocycles. The van der Waals surface area contributed by atoms with E-state index in [9.17, 15) is 18.5 Å². The van der Waals surface area contributed by atoms with Crippen LogP contribution in [0.5, 0.6) is 11.6 Å². The summed E-state index contributed by atoms with van der Waals surface area (Å²) >= 11 is 0. The van der Waals surface area contributed by atoms with Crippen LogP contribution in [0.1, 0.15) is 26.2 Å². The van der Waals surface area contributed by atoms with Crippen LogP contribution in [-0.2, 0) is 9.84 Å². The third kappa shape index (κ3) is 4.16. The summed E-state index contributed by atoms with van der Waals surface area (Å²) < 4.78 is 29.6. The molecule has 1 aromatic heterocycles. The predicted molar refractivity (Wildman–Crippen MR) is 106 cm³/mol. The van der Waals surface area contributed by atoms with Crippen molar-refractivity contribution in [3.05, 3.63) is 40.4 Å². The average Bonchev–Trinajstić information content (AvgIpc) is 2.70. The Hall–Kier alpha value is -2.88. The van der Waals surface area contributed by atoms with Gasteiger partial charge in [-0.15, -0.1) is 0 Å². The molecule has 1 aliphatic rings. The fourth-order valence-corrected chi connectivity index (χ4v) is 3.97. The van der Waals surface area contributed by atoms with Gasteiger partial charge < -0.3 is 15.4 Å². The number of hydrogen-bond donors (Lipinski definition) is 1. The molecule has 0 amide bonds. The Balaban J connectivity index is 1.91. The van der Waals surface area contributed by atoms with Crippen LogP contribution >= 0.6 is 0 Å². The van der Waals surface area contributed by atoms with Crippen LogP contribution in [0, 0.1) is 10.1 Å². The number of sulfone groups is 1. The van der Waals surface area contributed by atoms with Crippen molar-refractivity contribution in [3.63, 3.8) is 0 Å². The maximum atomic E-state index is 12.0. The lowest BCUT2D eigenvalue weighted by Crippen LogP contribution is -2.30. The van der Waals surface area contributed by atoms with Gasteiger partial charge in [-0.2, -0.15) is 4.98 Å². The summed E-state index contributed by atoms with van der Waals surface area (Å²) in [6.45, 7) is 2.95. The average molecular weight is 406 g/mol. The number of benzene rings is 1. The zero-order valence-electron chi connectivity index (χ0n) is 15.5. The maximum absolute atomic E-state index is 12.0. The molecule has 0 bridgehead atoms. The Labute approximate surface area is 163 Å². The van der Waals surface area contributed by atoms with Gasteiger partial charge in [0.05, 0.1) is 21.3 Å². The van der Waals surface area contributed by atoms with E-state index >= 15 is 0 Å². The van der Waals surface area contributed by atoms with Gasteiger partial charge in [0.1, 0.15) is 0 Å². The van der Waals surface area contributed by atoms with Crippen LogP contribution in [-0.4, -0.2) is 37.2 Å². The van der Waals surface area contributed by atoms with Crippen molar-refractivity contribution in [1.29, 1.82) is 0 Å². The Morgan fingerprint density at radius 3 is 2.54 bits per heavy atom. The number of rotatable bonds is 6. The number of hydrogen-bond acceptors (Lipinski definition) is 8. The fraction of sp³-hybridized carbons (Fsp3) is 0.389. The van der Waals surface area contributed by atoms with Gasteiger partial charge in [-0.25, -0.2) is 8.42 Å². The highest BCUT2D eigenvalue weighted by molar-refractivity contribution is 7.91. The molecule has 1 aliphatic heterocycles. The highest BCUT2D eigenvalue weighted by atomic mass is 32.2. The van der Waals surface area contributed by atoms with Gasteiger partial charge in [0.2, 0.25) is 11.7 Å². The van der Waals surface area contributed by atoms with E-state index in [0.29, 0.717) is 13.1 Å². The summed E-state index contributed by atoms with van der Waals surface area (Å²) in [6.07, 6.45) is 2.98. The molecule has 9 nitrogen and oxygen atoms in total. The van der Waals surface area contributed by atoms with Crippen molar-refractivity contribution >= 4 is 27.0 Å². The molecule has 1 fully saturated rings. The molecule has 1 aromatic carbocycles. The smallest absolute Gasteiger partial charge is 0.311 e. The first-order chi connectivity index (χ1) is 13.3. The lowest BCUT2D eigenvalue weighted by Gasteiger charge is -2.27. The monoisotopic (exact) mass is 406 g/mol. The van der Waals surface area contributed by atoms with Gasteiger partial charge in [0.15, 0.2) is 15.6 Å². The standard InChI is InChI=1S/C18H22N4O5S/c1-2-28(25,26)13-6-8-16(14(19)12-13)27-17-9-7-15(22(23)24)18(20-17)21-10-4-3-5-11-21/h6-9,12H,2-5,10-11,19H2,1H3. The number of nitrogens with two attached hydrogens (primary N) is 1. The topological polar surface area (TPSA) is 129 Å². The van der Waals surface area contributed by atoms with E-state index in [0.717, 1.165) is 19.3 Å². The van der Waals surface area contributed by atoms with Crippen LogP contribution in [0.15, 0.2) is 35.2 Å². The first kappa shape index (κ1) is 19.9. The lowest BCUT2D eigenvalue weighted by atomic mass is 10.1. The second-order valence-corrected chi connectivity index (χ2v) is 8.78. The van der Waals surface area contributed by atoms with Crippen LogP contribution in [0.2, 0.25) is 0 Å². The molecule has 28 heavy (non-hydrogen) atoms. The molecule has 150 valence electrons. The van der Waals surface area contributed by atoms with Crippen LogP contribution in [0.4, 0.5) is 17.2 Å². The third-order valence-corrected chi connectivity index (χ3v) is 6.35. The second-order valence-electron chi connectivity index (χ2n) is 6.50. The maximum Gasteiger partial charge on any atom is 0.311 e. The van der Waals surface area contributed by atoms with Gasteiger partial charge in [0, 0.05) is 25.2 Å². The normalized spacial score (nSPS) is 14.7. The zero-order chi connectivity index (χ0) is 20.3.